The molecule has 176 valence electrons. The molecule has 0 bridgehead atoms. The summed E-state index contributed by atoms with van der Waals surface area (Å²) in [6.45, 7) is 3.27. The number of methoxy groups -OCH3 is 1. The van der Waals surface area contributed by atoms with E-state index in [0.29, 0.717) is 28.8 Å². The van der Waals surface area contributed by atoms with Gasteiger partial charge in [-0.25, -0.2) is 9.79 Å². The molecule has 0 aliphatic carbocycles. The molecular formula is C26H25Cl2N3O3. The van der Waals surface area contributed by atoms with E-state index in [0.717, 1.165) is 40.1 Å². The Morgan fingerprint density at radius 1 is 0.971 bits per heavy atom. The largest absolute Gasteiger partial charge is 0.494 e. The van der Waals surface area contributed by atoms with E-state index >= 15 is 0 Å². The number of rotatable bonds is 7. The summed E-state index contributed by atoms with van der Waals surface area (Å²) in [5.41, 5.74) is 4.82. The zero-order chi connectivity index (χ0) is 24.2. The molecule has 1 aromatic heterocycles. The lowest BCUT2D eigenvalue weighted by Crippen LogP contribution is -2.24. The van der Waals surface area contributed by atoms with Crippen LogP contribution in [-0.4, -0.2) is 28.8 Å². The van der Waals surface area contributed by atoms with Crippen LogP contribution in [0.3, 0.4) is 0 Å². The molecule has 1 heterocycles. The van der Waals surface area contributed by atoms with Crippen LogP contribution in [0.1, 0.15) is 29.3 Å². The van der Waals surface area contributed by atoms with Gasteiger partial charge in [0.1, 0.15) is 5.75 Å². The lowest BCUT2D eigenvalue weighted by Gasteiger charge is -2.08. The summed E-state index contributed by atoms with van der Waals surface area (Å²) in [7, 11) is 3.31. The molecule has 4 rings (SSSR count). The number of nitrogens with zero attached hydrogens (tertiary/aromatic N) is 3. The van der Waals surface area contributed by atoms with Gasteiger partial charge < -0.3 is 18.6 Å². The van der Waals surface area contributed by atoms with Gasteiger partial charge in [-0.2, -0.15) is 0 Å². The number of carbonyl (C=O) groups excluding carboxylic acids is 1. The van der Waals surface area contributed by atoms with Crippen LogP contribution in [0.4, 0.5) is 5.69 Å². The Bertz CT molecular complexity index is 1390. The number of carbonyl (C=O) groups is 1. The van der Waals surface area contributed by atoms with Crippen molar-refractivity contribution in [2.45, 2.75) is 19.9 Å². The van der Waals surface area contributed by atoms with Crippen LogP contribution in [0.25, 0.3) is 11.0 Å². The number of esters is 1. The van der Waals surface area contributed by atoms with E-state index < -0.39 is 0 Å². The van der Waals surface area contributed by atoms with Crippen LogP contribution >= 0.6 is 23.2 Å². The zero-order valence-corrected chi connectivity index (χ0v) is 20.7. The van der Waals surface area contributed by atoms with Crippen LogP contribution in [0.2, 0.25) is 10.0 Å². The molecule has 0 spiro atoms. The summed E-state index contributed by atoms with van der Waals surface area (Å²) in [4.78, 5) is 16.7. The summed E-state index contributed by atoms with van der Waals surface area (Å²) < 4.78 is 14.5. The normalized spacial score (nSPS) is 11.7. The molecule has 3 aromatic carbocycles. The number of benzene rings is 3. The van der Waals surface area contributed by atoms with Crippen LogP contribution in [0.15, 0.2) is 65.7 Å². The van der Waals surface area contributed by atoms with E-state index in [1.54, 1.807) is 12.1 Å². The molecule has 8 heteroatoms. The molecule has 0 aliphatic heterocycles. The first kappa shape index (κ1) is 23.9. The molecule has 6 nitrogen and oxygen atoms in total. The second kappa shape index (κ2) is 10.4. The summed E-state index contributed by atoms with van der Waals surface area (Å²) in [5.74, 6) is 0.447. The summed E-state index contributed by atoms with van der Waals surface area (Å²) in [6, 6.07) is 18.7. The van der Waals surface area contributed by atoms with Crippen LogP contribution in [-0.2, 0) is 18.3 Å². The Kier molecular flexibility index (Phi) is 7.29. The summed E-state index contributed by atoms with van der Waals surface area (Å²) in [6.07, 6.45) is 0.952. The molecule has 0 unspecified atom stereocenters. The maximum atomic E-state index is 11.8. The fourth-order valence-corrected chi connectivity index (χ4v) is 4.01. The average molecular weight is 498 g/mol. The Balaban J connectivity index is 1.81. The Hall–Kier alpha value is -3.22. The number of ether oxygens (including phenoxy) is 2. The number of fused-ring (bicyclic) bond motifs is 1. The molecule has 34 heavy (non-hydrogen) atoms. The van der Waals surface area contributed by atoms with E-state index in [-0.39, 0.29) is 5.97 Å². The van der Waals surface area contributed by atoms with Gasteiger partial charge in [-0.15, -0.1) is 0 Å². The minimum Gasteiger partial charge on any atom is -0.494 e. The number of hydrogen-bond acceptors (Lipinski definition) is 4. The maximum absolute atomic E-state index is 11.8. The number of aryl methyl sites for hydroxylation is 1. The molecule has 0 atom stereocenters. The number of hydrogen-bond donors (Lipinski definition) is 0. The highest BCUT2D eigenvalue weighted by Gasteiger charge is 2.14. The minimum absolute atomic E-state index is 0.368. The van der Waals surface area contributed by atoms with Crippen LogP contribution < -0.4 is 10.4 Å². The number of halogens is 2. The van der Waals surface area contributed by atoms with Gasteiger partial charge in [0.25, 0.3) is 0 Å². The molecule has 0 N–H and O–H groups in total. The van der Waals surface area contributed by atoms with Gasteiger partial charge in [0.05, 0.1) is 52.6 Å². The SMILES string of the molecule is CCCOc1ccc(N=c2n(C)c3cc(Cl)c(Cl)cc3n2Cc2ccc(C(=O)OC)cc2)cc1. The van der Waals surface area contributed by atoms with Gasteiger partial charge in [-0.05, 0) is 60.5 Å². The molecule has 0 aliphatic rings. The molecule has 0 fully saturated rings. The first-order valence-electron chi connectivity index (χ1n) is 10.9. The van der Waals surface area contributed by atoms with Gasteiger partial charge >= 0.3 is 5.97 Å². The smallest absolute Gasteiger partial charge is 0.337 e. The Labute approximate surface area is 208 Å². The van der Waals surface area contributed by atoms with Crippen molar-refractivity contribution in [3.63, 3.8) is 0 Å². The van der Waals surface area contributed by atoms with Crippen molar-refractivity contribution in [3.8, 4) is 5.75 Å². The average Bonchev–Trinajstić information content (AvgIpc) is 3.09. The van der Waals surface area contributed by atoms with Crippen molar-refractivity contribution in [2.24, 2.45) is 12.0 Å². The standard InChI is InChI=1S/C26H25Cl2N3O3/c1-4-13-34-20-11-9-19(10-12-20)29-26-30(2)23-14-21(27)22(28)15-24(23)31(26)16-17-5-7-18(8-6-17)25(32)33-3/h5-12,14-15H,4,13,16H2,1-3H3. The predicted octanol–water partition coefficient (Wildman–Crippen LogP) is 6.14. The highest BCUT2D eigenvalue weighted by Crippen LogP contribution is 2.28. The van der Waals surface area contributed by atoms with Gasteiger partial charge in [-0.1, -0.05) is 42.3 Å². The maximum Gasteiger partial charge on any atom is 0.337 e. The summed E-state index contributed by atoms with van der Waals surface area (Å²) >= 11 is 12.7. The predicted molar refractivity (Wildman–Crippen MR) is 135 cm³/mol. The first-order chi connectivity index (χ1) is 16.4. The quantitative estimate of drug-likeness (QED) is 0.288. The Morgan fingerprint density at radius 3 is 2.24 bits per heavy atom. The first-order valence-corrected chi connectivity index (χ1v) is 11.7. The molecule has 0 amide bonds. The molecular weight excluding hydrogens is 473 g/mol. The fraction of sp³-hybridized carbons (Fsp3) is 0.231. The highest BCUT2D eigenvalue weighted by molar-refractivity contribution is 6.42. The van der Waals surface area contributed by atoms with Gasteiger partial charge in [0.15, 0.2) is 0 Å². The molecule has 0 radical (unpaired) electrons. The van der Waals surface area contributed by atoms with Crippen molar-refractivity contribution >= 4 is 45.9 Å². The number of imidazole rings is 1. The van der Waals surface area contributed by atoms with Gasteiger partial charge in [0.2, 0.25) is 5.62 Å². The van der Waals surface area contributed by atoms with Crippen molar-refractivity contribution in [1.82, 2.24) is 9.13 Å². The molecule has 4 aromatic rings. The molecule has 0 saturated carbocycles. The fourth-order valence-electron chi connectivity index (χ4n) is 3.70. The minimum atomic E-state index is -0.368. The topological polar surface area (TPSA) is 57.8 Å². The third kappa shape index (κ3) is 4.98. The zero-order valence-electron chi connectivity index (χ0n) is 19.2. The van der Waals surface area contributed by atoms with E-state index in [1.165, 1.54) is 7.11 Å². The second-order valence-electron chi connectivity index (χ2n) is 7.84. The van der Waals surface area contributed by atoms with E-state index in [9.17, 15) is 4.79 Å². The third-order valence-corrected chi connectivity index (χ3v) is 6.19. The number of aromatic nitrogens is 2. The van der Waals surface area contributed by atoms with Crippen molar-refractivity contribution < 1.29 is 14.3 Å². The van der Waals surface area contributed by atoms with Crippen molar-refractivity contribution in [1.29, 1.82) is 0 Å². The third-order valence-electron chi connectivity index (χ3n) is 5.47. The van der Waals surface area contributed by atoms with E-state index in [2.05, 4.69) is 11.5 Å². The lowest BCUT2D eigenvalue weighted by molar-refractivity contribution is 0.0600. The van der Waals surface area contributed by atoms with Gasteiger partial charge in [0, 0.05) is 7.05 Å². The monoisotopic (exact) mass is 497 g/mol. The molecule has 0 saturated heterocycles. The van der Waals surface area contributed by atoms with E-state index in [1.807, 2.05) is 60.1 Å². The van der Waals surface area contributed by atoms with Crippen LogP contribution in [0.5, 0.6) is 5.75 Å². The second-order valence-corrected chi connectivity index (χ2v) is 8.66. The van der Waals surface area contributed by atoms with Crippen molar-refractivity contribution in [2.75, 3.05) is 13.7 Å². The van der Waals surface area contributed by atoms with Crippen molar-refractivity contribution in [3.05, 3.63) is 87.5 Å². The van der Waals surface area contributed by atoms with E-state index in [4.69, 9.17) is 37.7 Å². The highest BCUT2D eigenvalue weighted by atomic mass is 35.5. The summed E-state index contributed by atoms with van der Waals surface area (Å²) in [5, 5.41) is 0.951. The van der Waals surface area contributed by atoms with Crippen LogP contribution in [0, 0.1) is 0 Å². The Morgan fingerprint density at radius 2 is 1.62 bits per heavy atom. The lowest BCUT2D eigenvalue weighted by atomic mass is 10.1. The van der Waals surface area contributed by atoms with Gasteiger partial charge in [-0.3, -0.25) is 0 Å².